The molecule has 0 aliphatic carbocycles. The van der Waals surface area contributed by atoms with Crippen molar-refractivity contribution in [2.45, 2.75) is 13.0 Å². The van der Waals surface area contributed by atoms with Crippen molar-refractivity contribution in [2.24, 2.45) is 0 Å². The minimum absolute atomic E-state index is 0.156. The van der Waals surface area contributed by atoms with Crippen molar-refractivity contribution in [2.75, 3.05) is 7.05 Å². The van der Waals surface area contributed by atoms with E-state index in [0.29, 0.717) is 5.69 Å². The lowest BCUT2D eigenvalue weighted by atomic mass is 10.1. The average Bonchev–Trinajstić information content (AvgIpc) is 2.68. The number of hydrogen-bond acceptors (Lipinski definition) is 3. The Hall–Kier alpha value is -2.08. The van der Waals surface area contributed by atoms with Crippen molar-refractivity contribution in [3.05, 3.63) is 50.8 Å². The zero-order chi connectivity index (χ0) is 12.4. The van der Waals surface area contributed by atoms with Crippen LogP contribution in [0.15, 0.2) is 33.9 Å². The SMILES string of the molecule is CNC(C)c1cccc(-n2c(=O)[nH][nH]c2=O)c1. The number of hydrogen-bond donors (Lipinski definition) is 3. The molecule has 1 unspecified atom stereocenters. The van der Waals surface area contributed by atoms with Gasteiger partial charge in [-0.3, -0.25) is 0 Å². The second-order valence-corrected chi connectivity index (χ2v) is 3.80. The smallest absolute Gasteiger partial charge is 0.313 e. The topological polar surface area (TPSA) is 82.7 Å². The molecule has 17 heavy (non-hydrogen) atoms. The van der Waals surface area contributed by atoms with Crippen LogP contribution >= 0.6 is 0 Å². The van der Waals surface area contributed by atoms with Gasteiger partial charge >= 0.3 is 11.4 Å². The van der Waals surface area contributed by atoms with Crippen LogP contribution in [0.1, 0.15) is 18.5 Å². The Morgan fingerprint density at radius 3 is 2.47 bits per heavy atom. The molecule has 0 saturated carbocycles. The van der Waals surface area contributed by atoms with E-state index in [1.807, 2.05) is 32.2 Å². The van der Waals surface area contributed by atoms with Gasteiger partial charge in [0, 0.05) is 6.04 Å². The van der Waals surface area contributed by atoms with Gasteiger partial charge in [-0.1, -0.05) is 12.1 Å². The van der Waals surface area contributed by atoms with E-state index in [2.05, 4.69) is 15.5 Å². The van der Waals surface area contributed by atoms with Gasteiger partial charge in [-0.15, -0.1) is 0 Å². The molecule has 6 heteroatoms. The number of nitrogens with one attached hydrogen (secondary N) is 3. The number of aromatic nitrogens is 3. The second kappa shape index (κ2) is 4.42. The van der Waals surface area contributed by atoms with Crippen molar-refractivity contribution >= 4 is 0 Å². The molecule has 0 amide bonds. The average molecular weight is 234 g/mol. The van der Waals surface area contributed by atoms with Gasteiger partial charge in [0.05, 0.1) is 5.69 Å². The van der Waals surface area contributed by atoms with Gasteiger partial charge in [-0.2, -0.15) is 0 Å². The predicted molar refractivity (Wildman–Crippen MR) is 64.5 cm³/mol. The minimum Gasteiger partial charge on any atom is -0.313 e. The summed E-state index contributed by atoms with van der Waals surface area (Å²) >= 11 is 0. The summed E-state index contributed by atoms with van der Waals surface area (Å²) in [5, 5.41) is 7.61. The molecule has 1 atom stereocenters. The van der Waals surface area contributed by atoms with Crippen LogP contribution in [0.25, 0.3) is 5.69 Å². The molecule has 0 saturated heterocycles. The lowest BCUT2D eigenvalue weighted by molar-refractivity contribution is 0.651. The van der Waals surface area contributed by atoms with E-state index < -0.39 is 11.4 Å². The molecule has 0 aliphatic heterocycles. The van der Waals surface area contributed by atoms with Crippen LogP contribution < -0.4 is 16.7 Å². The number of nitrogens with zero attached hydrogens (tertiary/aromatic N) is 1. The number of H-pyrrole nitrogens is 2. The first-order chi connectivity index (χ1) is 8.13. The minimum atomic E-state index is -0.468. The van der Waals surface area contributed by atoms with Crippen molar-refractivity contribution in [1.29, 1.82) is 0 Å². The summed E-state index contributed by atoms with van der Waals surface area (Å²) in [6, 6.07) is 7.44. The maximum absolute atomic E-state index is 11.5. The lowest BCUT2D eigenvalue weighted by Crippen LogP contribution is -2.24. The molecule has 0 radical (unpaired) electrons. The van der Waals surface area contributed by atoms with Gasteiger partial charge in [-0.25, -0.2) is 24.4 Å². The lowest BCUT2D eigenvalue weighted by Gasteiger charge is -2.11. The second-order valence-electron chi connectivity index (χ2n) is 3.80. The van der Waals surface area contributed by atoms with E-state index in [1.165, 1.54) is 0 Å². The Bertz CT molecular complexity index is 595. The monoisotopic (exact) mass is 234 g/mol. The van der Waals surface area contributed by atoms with Crippen LogP contribution in [0.2, 0.25) is 0 Å². The van der Waals surface area contributed by atoms with E-state index >= 15 is 0 Å². The Morgan fingerprint density at radius 2 is 1.88 bits per heavy atom. The summed E-state index contributed by atoms with van der Waals surface area (Å²) in [5.74, 6) is 0. The highest BCUT2D eigenvalue weighted by molar-refractivity contribution is 5.36. The summed E-state index contributed by atoms with van der Waals surface area (Å²) in [4.78, 5) is 22.9. The van der Waals surface area contributed by atoms with Crippen molar-refractivity contribution in [1.82, 2.24) is 20.1 Å². The molecule has 2 aromatic rings. The van der Waals surface area contributed by atoms with E-state index in [9.17, 15) is 9.59 Å². The zero-order valence-corrected chi connectivity index (χ0v) is 9.65. The Kier molecular flexibility index (Phi) is 2.97. The molecule has 0 bridgehead atoms. The fourth-order valence-corrected chi connectivity index (χ4v) is 1.65. The third kappa shape index (κ3) is 2.07. The Morgan fingerprint density at radius 1 is 1.24 bits per heavy atom. The Balaban J connectivity index is 2.54. The van der Waals surface area contributed by atoms with E-state index in [1.54, 1.807) is 6.07 Å². The maximum Gasteiger partial charge on any atom is 0.348 e. The van der Waals surface area contributed by atoms with Gasteiger partial charge in [-0.05, 0) is 31.7 Å². The number of aromatic amines is 2. The van der Waals surface area contributed by atoms with Crippen LogP contribution in [0.5, 0.6) is 0 Å². The van der Waals surface area contributed by atoms with Gasteiger partial charge in [0.2, 0.25) is 0 Å². The summed E-state index contributed by atoms with van der Waals surface area (Å²) in [5.41, 5.74) is 0.628. The molecule has 90 valence electrons. The third-order valence-electron chi connectivity index (χ3n) is 2.74. The summed E-state index contributed by atoms with van der Waals surface area (Å²) in [6.45, 7) is 2.00. The maximum atomic E-state index is 11.5. The molecule has 0 spiro atoms. The van der Waals surface area contributed by atoms with Crippen molar-refractivity contribution in [3.63, 3.8) is 0 Å². The first-order valence-electron chi connectivity index (χ1n) is 5.31. The molecular weight excluding hydrogens is 220 g/mol. The number of rotatable bonds is 3. The third-order valence-corrected chi connectivity index (χ3v) is 2.74. The molecule has 3 N–H and O–H groups in total. The normalized spacial score (nSPS) is 12.6. The molecule has 6 nitrogen and oxygen atoms in total. The fraction of sp³-hybridized carbons (Fsp3) is 0.273. The van der Waals surface area contributed by atoms with E-state index in [-0.39, 0.29) is 6.04 Å². The van der Waals surface area contributed by atoms with E-state index in [4.69, 9.17) is 0 Å². The van der Waals surface area contributed by atoms with Crippen LogP contribution in [0.3, 0.4) is 0 Å². The summed E-state index contributed by atoms with van der Waals surface area (Å²) < 4.78 is 1.06. The molecule has 1 aromatic heterocycles. The molecule has 1 heterocycles. The predicted octanol–water partition coefficient (Wildman–Crippen LogP) is 0.134. The van der Waals surface area contributed by atoms with Gasteiger partial charge in [0.25, 0.3) is 0 Å². The molecule has 0 fully saturated rings. The fourth-order valence-electron chi connectivity index (χ4n) is 1.65. The molecule has 1 aromatic carbocycles. The highest BCUT2D eigenvalue weighted by atomic mass is 16.2. The van der Waals surface area contributed by atoms with Gasteiger partial charge in [0.1, 0.15) is 0 Å². The first-order valence-corrected chi connectivity index (χ1v) is 5.31. The van der Waals surface area contributed by atoms with Crippen LogP contribution in [-0.2, 0) is 0 Å². The van der Waals surface area contributed by atoms with Gasteiger partial charge in [0.15, 0.2) is 0 Å². The van der Waals surface area contributed by atoms with Crippen LogP contribution in [0, 0.1) is 0 Å². The van der Waals surface area contributed by atoms with Crippen molar-refractivity contribution in [3.8, 4) is 5.69 Å². The highest BCUT2D eigenvalue weighted by Gasteiger charge is 2.08. The quantitative estimate of drug-likeness (QED) is 0.706. The largest absolute Gasteiger partial charge is 0.348 e. The van der Waals surface area contributed by atoms with E-state index in [0.717, 1.165) is 10.1 Å². The van der Waals surface area contributed by atoms with Crippen molar-refractivity contribution < 1.29 is 0 Å². The van der Waals surface area contributed by atoms with Gasteiger partial charge < -0.3 is 5.32 Å². The Labute approximate surface area is 97.3 Å². The summed E-state index contributed by atoms with van der Waals surface area (Å²) in [7, 11) is 1.85. The van der Waals surface area contributed by atoms with Crippen LogP contribution in [0.4, 0.5) is 0 Å². The summed E-state index contributed by atoms with van der Waals surface area (Å²) in [6.07, 6.45) is 0. The first kappa shape index (κ1) is 11.4. The molecule has 2 rings (SSSR count). The number of benzene rings is 1. The standard InChI is InChI=1S/C11H14N4O2/c1-7(12-2)8-4-3-5-9(6-8)15-10(16)13-14-11(15)17/h3-7,12H,1-2H3,(H,13,16)(H,14,17). The molecule has 0 aliphatic rings. The highest BCUT2D eigenvalue weighted by Crippen LogP contribution is 2.14. The zero-order valence-electron chi connectivity index (χ0n) is 9.65. The molecular formula is C11H14N4O2. The van der Waals surface area contributed by atoms with Crippen LogP contribution in [-0.4, -0.2) is 21.8 Å².